The Bertz CT molecular complexity index is 1420. The summed E-state index contributed by atoms with van der Waals surface area (Å²) in [5.74, 6) is 0.664. The highest BCUT2D eigenvalue weighted by molar-refractivity contribution is 7.83. The largest absolute Gasteiger partial charge is 0.460 e. The van der Waals surface area contributed by atoms with Gasteiger partial charge in [0.05, 0.1) is 15.2 Å². The average Bonchev–Trinajstić information content (AvgIpc) is 2.87. The summed E-state index contributed by atoms with van der Waals surface area (Å²) in [6, 6.07) is 9.45. The molecule has 0 aliphatic carbocycles. The van der Waals surface area contributed by atoms with Crippen molar-refractivity contribution in [3.05, 3.63) is 98.0 Å². The number of aryl methyl sites for hydroxylation is 3. The van der Waals surface area contributed by atoms with Gasteiger partial charge >= 0.3 is 0 Å². The van der Waals surface area contributed by atoms with Crippen LogP contribution in [0.25, 0.3) is 0 Å². The number of carbonyl (C=O) groups is 1. The van der Waals surface area contributed by atoms with Gasteiger partial charge < -0.3 is 10.5 Å². The number of nitrogens with two attached hydrogens (primary N) is 1. The molecule has 0 radical (unpaired) electrons. The number of carbonyl (C=O) groups excluding carboxylic acids is 1. The van der Waals surface area contributed by atoms with Crippen molar-refractivity contribution in [3.63, 3.8) is 0 Å². The van der Waals surface area contributed by atoms with Crippen LogP contribution in [0.1, 0.15) is 71.6 Å². The number of nitrogens with one attached hydrogen (secondary N) is 1. The molecule has 0 bridgehead atoms. The molecule has 2 rings (SSSR count). The van der Waals surface area contributed by atoms with Crippen LogP contribution >= 0.6 is 0 Å². The monoisotopic (exact) mass is 581 g/mol. The molecule has 0 saturated heterocycles. The van der Waals surface area contributed by atoms with Crippen molar-refractivity contribution in [1.82, 2.24) is 4.72 Å². The maximum absolute atomic E-state index is 13.8. The first-order chi connectivity index (χ1) is 18.9. The molecule has 9 heteroatoms. The van der Waals surface area contributed by atoms with Crippen molar-refractivity contribution < 1.29 is 18.7 Å². The Morgan fingerprint density at radius 3 is 2.17 bits per heavy atom. The summed E-state index contributed by atoms with van der Waals surface area (Å²) in [5.41, 5.74) is 9.67. The molecule has 0 spiro atoms. The summed E-state index contributed by atoms with van der Waals surface area (Å²) in [5, 5.41) is 11.2. The average molecular weight is 582 g/mol. The SMILES string of the molecule is CCC(C)(C)/C(N)=C/C=C(/C(=O)NS(=O)c1cccc([N+](=O)[O-])c1)C(C)(C)C(Oc1c(C)cc(C)cc1C)=C(C)C. The lowest BCUT2D eigenvalue weighted by molar-refractivity contribution is -0.385. The van der Waals surface area contributed by atoms with Crippen LogP contribution < -0.4 is 15.2 Å². The number of benzene rings is 2. The Morgan fingerprint density at radius 1 is 1.07 bits per heavy atom. The number of nitrogens with zero attached hydrogens (tertiary/aromatic N) is 1. The van der Waals surface area contributed by atoms with Crippen LogP contribution in [0.3, 0.4) is 0 Å². The van der Waals surface area contributed by atoms with E-state index in [1.807, 2.05) is 81.4 Å². The molecule has 2 aromatic rings. The first kappa shape index (κ1) is 33.5. The number of nitro groups is 1. The van der Waals surface area contributed by atoms with E-state index >= 15 is 0 Å². The van der Waals surface area contributed by atoms with E-state index in [0.29, 0.717) is 17.2 Å². The van der Waals surface area contributed by atoms with E-state index in [2.05, 4.69) is 4.72 Å². The lowest BCUT2D eigenvalue weighted by Crippen LogP contribution is -2.35. The van der Waals surface area contributed by atoms with Crippen molar-refractivity contribution in [2.45, 2.75) is 80.6 Å². The highest BCUT2D eigenvalue weighted by Crippen LogP contribution is 2.40. The Balaban J connectivity index is 2.64. The smallest absolute Gasteiger partial charge is 0.270 e. The molecule has 1 atom stereocenters. The van der Waals surface area contributed by atoms with Gasteiger partial charge in [-0.1, -0.05) is 50.6 Å². The van der Waals surface area contributed by atoms with Crippen LogP contribution in [0.15, 0.2) is 76.0 Å². The minimum atomic E-state index is -2.05. The number of ether oxygens (including phenoxy) is 1. The Kier molecular flexibility index (Phi) is 10.9. The quantitative estimate of drug-likeness (QED) is 0.0946. The number of rotatable bonds is 11. The maximum Gasteiger partial charge on any atom is 0.270 e. The van der Waals surface area contributed by atoms with Crippen LogP contribution in [0.5, 0.6) is 5.75 Å². The number of hydrogen-bond donors (Lipinski definition) is 2. The molecular weight excluding hydrogens is 538 g/mol. The third-order valence-electron chi connectivity index (χ3n) is 7.27. The summed E-state index contributed by atoms with van der Waals surface area (Å²) in [6.07, 6.45) is 4.15. The van der Waals surface area contributed by atoms with Gasteiger partial charge in [-0.05, 0) is 83.7 Å². The normalized spacial score (nSPS) is 13.4. The fourth-order valence-electron chi connectivity index (χ4n) is 4.49. The zero-order valence-electron chi connectivity index (χ0n) is 25.8. The topological polar surface area (TPSA) is 125 Å². The van der Waals surface area contributed by atoms with Gasteiger partial charge in [0, 0.05) is 28.8 Å². The van der Waals surface area contributed by atoms with Gasteiger partial charge in [0.2, 0.25) is 0 Å². The van der Waals surface area contributed by atoms with E-state index in [1.54, 1.807) is 12.2 Å². The lowest BCUT2D eigenvalue weighted by atomic mass is 9.79. The number of nitro benzene ring substituents is 1. The van der Waals surface area contributed by atoms with E-state index < -0.39 is 27.2 Å². The van der Waals surface area contributed by atoms with Gasteiger partial charge in [0.15, 0.2) is 11.0 Å². The zero-order valence-corrected chi connectivity index (χ0v) is 26.6. The molecule has 8 nitrogen and oxygen atoms in total. The second-order valence-corrected chi connectivity index (χ2v) is 12.9. The molecule has 3 N–H and O–H groups in total. The predicted molar refractivity (Wildman–Crippen MR) is 166 cm³/mol. The summed E-state index contributed by atoms with van der Waals surface area (Å²) in [4.78, 5) is 24.6. The van der Waals surface area contributed by atoms with Crippen molar-refractivity contribution in [3.8, 4) is 5.75 Å². The third kappa shape index (κ3) is 8.16. The predicted octanol–water partition coefficient (Wildman–Crippen LogP) is 7.26. The molecule has 0 saturated carbocycles. The first-order valence-electron chi connectivity index (χ1n) is 13.5. The summed E-state index contributed by atoms with van der Waals surface area (Å²) < 4.78 is 22.3. The second-order valence-electron chi connectivity index (χ2n) is 11.7. The summed E-state index contributed by atoms with van der Waals surface area (Å²) in [7, 11) is -2.05. The number of non-ortho nitro benzene ring substituents is 1. The van der Waals surface area contributed by atoms with Crippen LogP contribution in [0.4, 0.5) is 5.69 Å². The minimum Gasteiger partial charge on any atom is -0.460 e. The molecular formula is C32H43N3O5S. The van der Waals surface area contributed by atoms with Gasteiger partial charge in [-0.25, -0.2) is 4.21 Å². The maximum atomic E-state index is 13.8. The Labute approximate surface area is 246 Å². The summed E-state index contributed by atoms with van der Waals surface area (Å²) in [6.45, 7) is 19.6. The van der Waals surface area contributed by atoms with Crippen molar-refractivity contribution >= 4 is 22.6 Å². The first-order valence-corrected chi connectivity index (χ1v) is 14.7. The Morgan fingerprint density at radius 2 is 1.66 bits per heavy atom. The standard InChI is InChI=1S/C32H43N3O5S/c1-11-31(7,8)27(33)16-15-26(30(36)34-41(39)25-14-12-13-24(19-25)35(37)38)32(9,10)29(20(2)3)40-28-22(5)17-21(4)18-23(28)6/h12-19H,11,33H2,1-10H3,(H,34,36)/b26-15-,27-16-. The number of amides is 1. The number of hydrogen-bond acceptors (Lipinski definition) is 6. The molecule has 0 aromatic heterocycles. The van der Waals surface area contributed by atoms with Gasteiger partial charge in [-0.15, -0.1) is 0 Å². The minimum absolute atomic E-state index is 0.108. The van der Waals surface area contributed by atoms with Crippen LogP contribution in [0.2, 0.25) is 0 Å². The van der Waals surface area contributed by atoms with E-state index in [9.17, 15) is 19.1 Å². The van der Waals surface area contributed by atoms with Crippen LogP contribution in [0, 0.1) is 41.7 Å². The van der Waals surface area contributed by atoms with Crippen LogP contribution in [-0.2, 0) is 15.8 Å². The molecule has 0 fully saturated rings. The van der Waals surface area contributed by atoms with Crippen molar-refractivity contribution in [1.29, 1.82) is 0 Å². The molecule has 1 amide bonds. The van der Waals surface area contributed by atoms with Crippen molar-refractivity contribution in [2.24, 2.45) is 16.6 Å². The molecule has 0 heterocycles. The van der Waals surface area contributed by atoms with E-state index in [1.165, 1.54) is 24.3 Å². The van der Waals surface area contributed by atoms with Crippen LogP contribution in [-0.4, -0.2) is 15.0 Å². The van der Waals surface area contributed by atoms with E-state index in [-0.39, 0.29) is 21.6 Å². The van der Waals surface area contributed by atoms with Gasteiger partial charge in [0.25, 0.3) is 11.6 Å². The molecule has 0 aliphatic rings. The van der Waals surface area contributed by atoms with Gasteiger partial charge in [-0.3, -0.25) is 19.6 Å². The Hall–Kier alpha value is -3.72. The van der Waals surface area contributed by atoms with Gasteiger partial charge in [-0.2, -0.15) is 0 Å². The van der Waals surface area contributed by atoms with Gasteiger partial charge in [0.1, 0.15) is 11.5 Å². The fraction of sp³-hybridized carbons (Fsp3) is 0.406. The van der Waals surface area contributed by atoms with E-state index in [0.717, 1.165) is 28.7 Å². The highest BCUT2D eigenvalue weighted by Gasteiger charge is 2.36. The fourth-order valence-corrected chi connectivity index (χ4v) is 5.31. The summed E-state index contributed by atoms with van der Waals surface area (Å²) >= 11 is 0. The second kappa shape index (κ2) is 13.3. The van der Waals surface area contributed by atoms with E-state index in [4.69, 9.17) is 10.5 Å². The molecule has 0 aliphatic heterocycles. The highest BCUT2D eigenvalue weighted by atomic mass is 32.2. The molecule has 2 aromatic carbocycles. The molecule has 222 valence electrons. The zero-order chi connectivity index (χ0) is 31.3. The number of allylic oxidation sites excluding steroid dienone is 5. The molecule has 1 unspecified atom stereocenters. The van der Waals surface area contributed by atoms with Crippen molar-refractivity contribution in [2.75, 3.05) is 0 Å². The molecule has 41 heavy (non-hydrogen) atoms. The lowest BCUT2D eigenvalue weighted by Gasteiger charge is -2.32. The third-order valence-corrected chi connectivity index (χ3v) is 8.32.